The lowest BCUT2D eigenvalue weighted by atomic mass is 9.87. The zero-order valence-electron chi connectivity index (χ0n) is 12.1. The van der Waals surface area contributed by atoms with E-state index in [1.807, 2.05) is 12.1 Å². The zero-order chi connectivity index (χ0) is 14.8. The van der Waals surface area contributed by atoms with Crippen LogP contribution in [0.1, 0.15) is 36.3 Å². The molecule has 1 fully saturated rings. The summed E-state index contributed by atoms with van der Waals surface area (Å²) >= 11 is 0. The van der Waals surface area contributed by atoms with Crippen molar-refractivity contribution in [1.29, 1.82) is 0 Å². The van der Waals surface area contributed by atoms with Crippen LogP contribution in [0.2, 0.25) is 0 Å². The minimum absolute atomic E-state index is 0.0310. The molecular formula is C16H20O5. The lowest BCUT2D eigenvalue weighted by Crippen LogP contribution is -2.17. The third kappa shape index (κ3) is 3.13. The van der Waals surface area contributed by atoms with Crippen LogP contribution < -0.4 is 9.47 Å². The molecule has 5 nitrogen and oxygen atoms in total. The molecule has 1 heterocycles. The van der Waals surface area contributed by atoms with Gasteiger partial charge >= 0.3 is 5.97 Å². The molecule has 0 radical (unpaired) electrons. The van der Waals surface area contributed by atoms with Crippen LogP contribution in [0.4, 0.5) is 0 Å². The van der Waals surface area contributed by atoms with Gasteiger partial charge < -0.3 is 19.3 Å². The molecule has 1 aliphatic heterocycles. The van der Waals surface area contributed by atoms with Crippen molar-refractivity contribution < 1.29 is 24.1 Å². The first-order valence-electron chi connectivity index (χ1n) is 7.32. The Morgan fingerprint density at radius 3 is 2.57 bits per heavy atom. The molecule has 1 unspecified atom stereocenters. The van der Waals surface area contributed by atoms with E-state index in [1.54, 1.807) is 7.11 Å². The Morgan fingerprint density at radius 2 is 2.00 bits per heavy atom. The fourth-order valence-electron chi connectivity index (χ4n) is 2.99. The molecule has 21 heavy (non-hydrogen) atoms. The van der Waals surface area contributed by atoms with Crippen molar-refractivity contribution in [2.24, 2.45) is 5.92 Å². The third-order valence-electron chi connectivity index (χ3n) is 4.09. The van der Waals surface area contributed by atoms with E-state index in [9.17, 15) is 9.90 Å². The molecular weight excluding hydrogens is 272 g/mol. The quantitative estimate of drug-likeness (QED) is 0.873. The van der Waals surface area contributed by atoms with Gasteiger partial charge in [0, 0.05) is 7.11 Å². The standard InChI is InChI=1S/C16H20O5/c1-19-9-11-6-14-15(21-5-4-20-14)7-12(11)13(8-16(17)18)10-2-3-10/h6-7,10,13H,2-5,8-9H2,1H3,(H,17,18). The number of benzene rings is 1. The van der Waals surface area contributed by atoms with Gasteiger partial charge in [-0.1, -0.05) is 0 Å². The van der Waals surface area contributed by atoms with Gasteiger partial charge in [0.2, 0.25) is 0 Å². The fourth-order valence-corrected chi connectivity index (χ4v) is 2.99. The average Bonchev–Trinajstić information content (AvgIpc) is 3.29. The first-order chi connectivity index (χ1) is 10.2. The topological polar surface area (TPSA) is 65.0 Å². The number of carboxylic acid groups (broad SMARTS) is 1. The van der Waals surface area contributed by atoms with E-state index in [0.717, 1.165) is 29.7 Å². The monoisotopic (exact) mass is 292 g/mol. The number of methoxy groups -OCH3 is 1. The van der Waals surface area contributed by atoms with E-state index in [0.29, 0.717) is 31.5 Å². The molecule has 1 atom stereocenters. The van der Waals surface area contributed by atoms with Crippen molar-refractivity contribution in [2.75, 3.05) is 20.3 Å². The van der Waals surface area contributed by atoms with Gasteiger partial charge in [-0.05, 0) is 47.9 Å². The molecule has 3 rings (SSSR count). The fraction of sp³-hybridized carbons (Fsp3) is 0.562. The maximum atomic E-state index is 11.2. The van der Waals surface area contributed by atoms with Crippen molar-refractivity contribution in [3.63, 3.8) is 0 Å². The van der Waals surface area contributed by atoms with Gasteiger partial charge in [-0.15, -0.1) is 0 Å². The summed E-state index contributed by atoms with van der Waals surface area (Å²) in [4.78, 5) is 11.2. The number of rotatable bonds is 6. The second-order valence-corrected chi connectivity index (χ2v) is 5.67. The van der Waals surface area contributed by atoms with E-state index in [2.05, 4.69) is 0 Å². The van der Waals surface area contributed by atoms with E-state index in [-0.39, 0.29) is 12.3 Å². The van der Waals surface area contributed by atoms with Gasteiger partial charge in [0.15, 0.2) is 11.5 Å². The van der Waals surface area contributed by atoms with Crippen LogP contribution >= 0.6 is 0 Å². The van der Waals surface area contributed by atoms with Gasteiger partial charge in [-0.2, -0.15) is 0 Å². The summed E-state index contributed by atoms with van der Waals surface area (Å²) in [6, 6.07) is 3.89. The average molecular weight is 292 g/mol. The predicted octanol–water partition coefficient (Wildman–Crippen LogP) is 2.57. The SMILES string of the molecule is COCc1cc2c(cc1C(CC(=O)O)C1CC1)OCCO2. The number of fused-ring (bicyclic) bond motifs is 1. The highest BCUT2D eigenvalue weighted by molar-refractivity contribution is 5.68. The Kier molecular flexibility index (Phi) is 4.01. The molecule has 1 saturated carbocycles. The molecule has 1 aromatic carbocycles. The Morgan fingerprint density at radius 1 is 1.33 bits per heavy atom. The molecule has 1 aliphatic carbocycles. The van der Waals surface area contributed by atoms with Gasteiger partial charge in [0.05, 0.1) is 13.0 Å². The molecule has 1 N–H and O–H groups in total. The van der Waals surface area contributed by atoms with Gasteiger partial charge in [-0.3, -0.25) is 4.79 Å². The molecule has 0 amide bonds. The molecule has 0 spiro atoms. The molecule has 0 bridgehead atoms. The maximum Gasteiger partial charge on any atom is 0.303 e. The van der Waals surface area contributed by atoms with Crippen LogP contribution in [0.15, 0.2) is 12.1 Å². The molecule has 0 saturated heterocycles. The zero-order valence-corrected chi connectivity index (χ0v) is 12.1. The molecule has 5 heteroatoms. The van der Waals surface area contributed by atoms with Crippen LogP contribution in [0.3, 0.4) is 0 Å². The highest BCUT2D eigenvalue weighted by atomic mass is 16.6. The summed E-state index contributed by atoms with van der Waals surface area (Å²) in [6.45, 7) is 1.53. The van der Waals surface area contributed by atoms with E-state index in [1.165, 1.54) is 0 Å². The van der Waals surface area contributed by atoms with Crippen LogP contribution in [0, 0.1) is 5.92 Å². The normalized spacial score (nSPS) is 18.3. The third-order valence-corrected chi connectivity index (χ3v) is 4.09. The first kappa shape index (κ1) is 14.2. The summed E-state index contributed by atoms with van der Waals surface area (Å²) in [5.41, 5.74) is 2.03. The van der Waals surface area contributed by atoms with E-state index < -0.39 is 5.97 Å². The number of carbonyl (C=O) groups is 1. The summed E-state index contributed by atoms with van der Waals surface area (Å²) in [5, 5.41) is 9.19. The molecule has 2 aliphatic rings. The lowest BCUT2D eigenvalue weighted by Gasteiger charge is -2.24. The summed E-state index contributed by atoms with van der Waals surface area (Å²) in [7, 11) is 1.64. The predicted molar refractivity (Wildman–Crippen MR) is 75.9 cm³/mol. The smallest absolute Gasteiger partial charge is 0.303 e. The van der Waals surface area contributed by atoms with Crippen molar-refractivity contribution in [3.8, 4) is 11.5 Å². The number of ether oxygens (including phenoxy) is 3. The number of aliphatic carboxylic acids is 1. The summed E-state index contributed by atoms with van der Waals surface area (Å²) in [6.07, 6.45) is 2.35. The number of hydrogen-bond acceptors (Lipinski definition) is 4. The van der Waals surface area contributed by atoms with Crippen molar-refractivity contribution >= 4 is 5.97 Å². The Hall–Kier alpha value is -1.75. The number of hydrogen-bond donors (Lipinski definition) is 1. The second kappa shape index (κ2) is 5.93. The Bertz CT molecular complexity index is 536. The number of carboxylic acids is 1. The van der Waals surface area contributed by atoms with Gasteiger partial charge in [0.1, 0.15) is 13.2 Å². The van der Waals surface area contributed by atoms with Crippen LogP contribution in [0.25, 0.3) is 0 Å². The minimum Gasteiger partial charge on any atom is -0.486 e. The van der Waals surface area contributed by atoms with Crippen LogP contribution in [-0.4, -0.2) is 31.4 Å². The highest BCUT2D eigenvalue weighted by Gasteiger charge is 2.35. The highest BCUT2D eigenvalue weighted by Crippen LogP contribution is 2.47. The summed E-state index contributed by atoms with van der Waals surface area (Å²) < 4.78 is 16.5. The van der Waals surface area contributed by atoms with E-state index >= 15 is 0 Å². The van der Waals surface area contributed by atoms with E-state index in [4.69, 9.17) is 14.2 Å². The molecule has 0 aromatic heterocycles. The maximum absolute atomic E-state index is 11.2. The lowest BCUT2D eigenvalue weighted by molar-refractivity contribution is -0.137. The van der Waals surface area contributed by atoms with Gasteiger partial charge in [-0.25, -0.2) is 0 Å². The van der Waals surface area contributed by atoms with Crippen LogP contribution in [0.5, 0.6) is 11.5 Å². The molecule has 114 valence electrons. The summed E-state index contributed by atoms with van der Waals surface area (Å²) in [5.74, 6) is 1.17. The van der Waals surface area contributed by atoms with Crippen molar-refractivity contribution in [2.45, 2.75) is 31.8 Å². The van der Waals surface area contributed by atoms with Crippen LogP contribution in [-0.2, 0) is 16.1 Å². The minimum atomic E-state index is -0.759. The second-order valence-electron chi connectivity index (χ2n) is 5.67. The Labute approximate surface area is 123 Å². The largest absolute Gasteiger partial charge is 0.486 e. The Balaban J connectivity index is 1.98. The van der Waals surface area contributed by atoms with Crippen molar-refractivity contribution in [3.05, 3.63) is 23.3 Å². The first-order valence-corrected chi connectivity index (χ1v) is 7.32. The van der Waals surface area contributed by atoms with Gasteiger partial charge in [0.25, 0.3) is 0 Å². The van der Waals surface area contributed by atoms with Crippen molar-refractivity contribution in [1.82, 2.24) is 0 Å². The molecule has 1 aromatic rings.